The lowest BCUT2D eigenvalue weighted by Gasteiger charge is -2.31. The molecule has 1 heterocycles. The minimum absolute atomic E-state index is 0.0446. The van der Waals surface area contributed by atoms with E-state index in [1.807, 2.05) is 84.9 Å². The van der Waals surface area contributed by atoms with E-state index in [1.165, 1.54) is 0 Å². The standard InChI is InChI=1S/C36H36ClN5O5/c1-45-31-12-6-11-27(22-31)33-36(23-28-9-2-3-10-29(28)24-40-42-38,35(44)39-19-18-25-8-4-5-13-32(25)37)41-34(47-33)26-14-16-30(17-15-26)46-21-7-20-43/h2-6,8-17,22,33,43H,7,18-21,23-24H2,1H3,(H,39,44)/t33-,36-/m1/s1. The number of azide groups is 1. The van der Waals surface area contributed by atoms with Gasteiger partial charge < -0.3 is 24.6 Å². The molecule has 47 heavy (non-hydrogen) atoms. The van der Waals surface area contributed by atoms with E-state index in [0.717, 1.165) is 16.7 Å². The Kier molecular flexibility index (Phi) is 11.4. The van der Waals surface area contributed by atoms with Crippen molar-refractivity contribution in [2.75, 3.05) is 26.9 Å². The summed E-state index contributed by atoms with van der Waals surface area (Å²) in [5.41, 5.74) is 11.5. The van der Waals surface area contributed by atoms with Crippen LogP contribution in [0.5, 0.6) is 11.5 Å². The first kappa shape index (κ1) is 33.3. The number of nitrogens with one attached hydrogen (secondary N) is 1. The maximum Gasteiger partial charge on any atom is 0.252 e. The van der Waals surface area contributed by atoms with E-state index in [0.29, 0.717) is 59.5 Å². The molecule has 0 saturated heterocycles. The van der Waals surface area contributed by atoms with Crippen molar-refractivity contribution in [2.45, 2.75) is 37.5 Å². The second-order valence-corrected chi connectivity index (χ2v) is 11.4. The van der Waals surface area contributed by atoms with Crippen LogP contribution in [0.3, 0.4) is 0 Å². The van der Waals surface area contributed by atoms with Crippen LogP contribution < -0.4 is 14.8 Å². The number of rotatable bonds is 15. The smallest absolute Gasteiger partial charge is 0.252 e. The fourth-order valence-electron chi connectivity index (χ4n) is 5.53. The Hall–Kier alpha value is -5.02. The SMILES string of the molecule is COc1cccc([C@H]2OC(c3ccc(OCCCO)cc3)=N[C@@]2(Cc2ccccc2CN=[N+]=[N-])C(=O)NCCc2ccccc2Cl)c1. The van der Waals surface area contributed by atoms with Gasteiger partial charge in [-0.1, -0.05) is 71.3 Å². The van der Waals surface area contributed by atoms with E-state index in [4.69, 9.17) is 41.4 Å². The highest BCUT2D eigenvalue weighted by atomic mass is 35.5. The number of nitrogens with zero attached hydrogens (tertiary/aromatic N) is 4. The van der Waals surface area contributed by atoms with Crippen LogP contribution in [0, 0.1) is 0 Å². The Morgan fingerprint density at radius 3 is 2.49 bits per heavy atom. The summed E-state index contributed by atoms with van der Waals surface area (Å²) >= 11 is 6.40. The van der Waals surface area contributed by atoms with E-state index in [-0.39, 0.29) is 25.5 Å². The molecular formula is C36H36ClN5O5. The molecular weight excluding hydrogens is 618 g/mol. The summed E-state index contributed by atoms with van der Waals surface area (Å²) in [6.45, 7) is 0.872. The molecule has 5 rings (SSSR count). The zero-order valence-corrected chi connectivity index (χ0v) is 26.8. The van der Waals surface area contributed by atoms with Crippen molar-refractivity contribution < 1.29 is 24.1 Å². The van der Waals surface area contributed by atoms with Gasteiger partial charge in [-0.2, -0.15) is 0 Å². The van der Waals surface area contributed by atoms with Crippen molar-refractivity contribution in [3.05, 3.63) is 140 Å². The third-order valence-corrected chi connectivity index (χ3v) is 8.32. The first-order chi connectivity index (χ1) is 23.0. The lowest BCUT2D eigenvalue weighted by Crippen LogP contribution is -2.50. The molecule has 2 atom stereocenters. The van der Waals surface area contributed by atoms with Crippen LogP contribution in [0.15, 0.2) is 107 Å². The summed E-state index contributed by atoms with van der Waals surface area (Å²) in [5, 5.41) is 16.6. The Morgan fingerprint density at radius 2 is 1.77 bits per heavy atom. The molecule has 242 valence electrons. The van der Waals surface area contributed by atoms with Crippen LogP contribution in [0.2, 0.25) is 5.02 Å². The normalized spacial score (nSPS) is 16.8. The van der Waals surface area contributed by atoms with Gasteiger partial charge in [0.2, 0.25) is 5.90 Å². The van der Waals surface area contributed by atoms with Gasteiger partial charge in [0.05, 0.1) is 20.3 Å². The number of carbonyl (C=O) groups excluding carboxylic acids is 1. The first-order valence-corrected chi connectivity index (χ1v) is 15.7. The predicted octanol–water partition coefficient (Wildman–Crippen LogP) is 6.78. The van der Waals surface area contributed by atoms with Crippen LogP contribution in [0.25, 0.3) is 10.4 Å². The van der Waals surface area contributed by atoms with Gasteiger partial charge in [0, 0.05) is 41.5 Å². The summed E-state index contributed by atoms with van der Waals surface area (Å²) in [7, 11) is 1.58. The number of aliphatic hydroxyl groups is 1. The zero-order valence-electron chi connectivity index (χ0n) is 26.0. The number of aliphatic imine (C=N–C) groups is 1. The number of hydrogen-bond acceptors (Lipinski definition) is 7. The lowest BCUT2D eigenvalue weighted by atomic mass is 9.80. The number of methoxy groups -OCH3 is 1. The Labute approximate surface area is 278 Å². The molecule has 0 radical (unpaired) electrons. The Morgan fingerprint density at radius 1 is 1.02 bits per heavy atom. The van der Waals surface area contributed by atoms with Crippen molar-refractivity contribution in [2.24, 2.45) is 10.1 Å². The van der Waals surface area contributed by atoms with E-state index in [9.17, 15) is 4.79 Å². The molecule has 10 nitrogen and oxygen atoms in total. The largest absolute Gasteiger partial charge is 0.497 e. The van der Waals surface area contributed by atoms with E-state index >= 15 is 0 Å². The van der Waals surface area contributed by atoms with Crippen molar-refractivity contribution >= 4 is 23.4 Å². The molecule has 11 heteroatoms. The molecule has 2 N–H and O–H groups in total. The lowest BCUT2D eigenvalue weighted by molar-refractivity contribution is -0.128. The quantitative estimate of drug-likeness (QED) is 0.0630. The second kappa shape index (κ2) is 16.0. The molecule has 4 aromatic carbocycles. The van der Waals surface area contributed by atoms with E-state index in [1.54, 1.807) is 19.2 Å². The number of amides is 1. The maximum absolute atomic E-state index is 14.6. The minimum Gasteiger partial charge on any atom is -0.497 e. The Balaban J connectivity index is 1.58. The van der Waals surface area contributed by atoms with Gasteiger partial charge in [-0.25, -0.2) is 4.99 Å². The minimum atomic E-state index is -1.45. The molecule has 0 spiro atoms. The number of halogens is 1. The predicted molar refractivity (Wildman–Crippen MR) is 181 cm³/mol. The maximum atomic E-state index is 14.6. The first-order valence-electron chi connectivity index (χ1n) is 15.3. The number of benzene rings is 4. The Bertz CT molecular complexity index is 1760. The fourth-order valence-corrected chi connectivity index (χ4v) is 5.76. The van der Waals surface area contributed by atoms with E-state index < -0.39 is 11.6 Å². The van der Waals surface area contributed by atoms with Crippen LogP contribution in [0.1, 0.15) is 40.3 Å². The fraction of sp³-hybridized carbons (Fsp3) is 0.278. The summed E-state index contributed by atoms with van der Waals surface area (Å²) in [6.07, 6.45) is 0.375. The highest BCUT2D eigenvalue weighted by Gasteiger charge is 2.53. The van der Waals surface area contributed by atoms with Gasteiger partial charge >= 0.3 is 0 Å². The molecule has 0 saturated carbocycles. The number of aliphatic hydroxyl groups excluding tert-OH is 1. The highest BCUT2D eigenvalue weighted by molar-refractivity contribution is 6.31. The molecule has 1 aliphatic heterocycles. The van der Waals surface area contributed by atoms with E-state index in [2.05, 4.69) is 15.3 Å². The van der Waals surface area contributed by atoms with Crippen LogP contribution >= 0.6 is 11.6 Å². The molecule has 0 aromatic heterocycles. The van der Waals surface area contributed by atoms with Gasteiger partial charge in [0.25, 0.3) is 5.91 Å². The molecule has 1 amide bonds. The second-order valence-electron chi connectivity index (χ2n) is 11.0. The van der Waals surface area contributed by atoms with Gasteiger partial charge in [0.15, 0.2) is 11.6 Å². The van der Waals surface area contributed by atoms with Crippen molar-refractivity contribution in [1.82, 2.24) is 5.32 Å². The van der Waals surface area contributed by atoms with Gasteiger partial charge in [-0.05, 0) is 76.7 Å². The molecule has 0 fully saturated rings. The molecule has 0 bridgehead atoms. The van der Waals surface area contributed by atoms with Crippen molar-refractivity contribution in [1.29, 1.82) is 0 Å². The van der Waals surface area contributed by atoms with Crippen molar-refractivity contribution in [3.63, 3.8) is 0 Å². The van der Waals surface area contributed by atoms with Gasteiger partial charge in [0.1, 0.15) is 11.5 Å². The summed E-state index contributed by atoms with van der Waals surface area (Å²) in [5.74, 6) is 1.23. The average Bonchev–Trinajstić information content (AvgIpc) is 3.49. The van der Waals surface area contributed by atoms with Crippen LogP contribution in [-0.4, -0.2) is 49.3 Å². The number of ether oxygens (including phenoxy) is 3. The third-order valence-electron chi connectivity index (χ3n) is 7.95. The molecule has 1 aliphatic rings. The molecule has 4 aromatic rings. The van der Waals surface area contributed by atoms with Crippen molar-refractivity contribution in [3.8, 4) is 11.5 Å². The topological polar surface area (TPSA) is 138 Å². The number of carbonyl (C=O) groups is 1. The summed E-state index contributed by atoms with van der Waals surface area (Å²) in [6, 6.07) is 29.8. The molecule has 0 unspecified atom stereocenters. The highest BCUT2D eigenvalue weighted by Crippen LogP contribution is 2.43. The summed E-state index contributed by atoms with van der Waals surface area (Å²) in [4.78, 5) is 22.7. The van der Waals surface area contributed by atoms with Gasteiger partial charge in [-0.15, -0.1) is 0 Å². The summed E-state index contributed by atoms with van der Waals surface area (Å²) < 4.78 is 17.9. The van der Waals surface area contributed by atoms with Gasteiger partial charge in [-0.3, -0.25) is 4.79 Å². The monoisotopic (exact) mass is 653 g/mol. The zero-order chi connectivity index (χ0) is 33.1. The van der Waals surface area contributed by atoms with Crippen LogP contribution in [0.4, 0.5) is 0 Å². The number of hydrogen-bond donors (Lipinski definition) is 2. The molecule has 0 aliphatic carbocycles. The third kappa shape index (κ3) is 8.04. The average molecular weight is 654 g/mol. The van der Waals surface area contributed by atoms with Crippen LogP contribution in [-0.2, 0) is 28.9 Å².